The van der Waals surface area contributed by atoms with Crippen LogP contribution in [0.1, 0.15) is 46.5 Å². The molecular weight excluding hydrogens is 242 g/mol. The number of ether oxygens (including phenoxy) is 1. The van der Waals surface area contributed by atoms with Crippen molar-refractivity contribution in [2.75, 3.05) is 6.61 Å². The highest BCUT2D eigenvalue weighted by molar-refractivity contribution is 5.86. The van der Waals surface area contributed by atoms with Crippen LogP contribution in [0.25, 0.3) is 0 Å². The largest absolute Gasteiger partial charge is 0.464 e. The van der Waals surface area contributed by atoms with Crippen molar-refractivity contribution in [2.45, 2.75) is 52.5 Å². The highest BCUT2D eigenvalue weighted by atomic mass is 16.5. The summed E-state index contributed by atoms with van der Waals surface area (Å²) in [7, 11) is 0. The first-order valence-electron chi connectivity index (χ1n) is 7.46. The van der Waals surface area contributed by atoms with Gasteiger partial charge >= 0.3 is 5.97 Å². The monoisotopic (exact) mass is 267 g/mol. The number of carbonyl (C=O) groups is 2. The van der Waals surface area contributed by atoms with Gasteiger partial charge in [0.05, 0.1) is 6.61 Å². The molecule has 1 aliphatic heterocycles. The van der Waals surface area contributed by atoms with Crippen LogP contribution in [0.3, 0.4) is 0 Å². The highest BCUT2D eigenvalue weighted by Gasteiger charge is 2.37. The van der Waals surface area contributed by atoms with E-state index in [0.29, 0.717) is 30.8 Å². The maximum Gasteiger partial charge on any atom is 0.328 e. The Bertz CT molecular complexity index is 353. The molecule has 2 fully saturated rings. The lowest BCUT2D eigenvalue weighted by Crippen LogP contribution is -2.45. The highest BCUT2D eigenvalue weighted by Crippen LogP contribution is 2.38. The third-order valence-electron chi connectivity index (χ3n) is 4.61. The van der Waals surface area contributed by atoms with Gasteiger partial charge in [-0.3, -0.25) is 4.79 Å². The van der Waals surface area contributed by atoms with Gasteiger partial charge in [-0.25, -0.2) is 4.79 Å². The minimum absolute atomic E-state index is 0.0501. The Morgan fingerprint density at radius 1 is 1.32 bits per heavy atom. The predicted molar refractivity (Wildman–Crippen MR) is 72.3 cm³/mol. The number of nitrogens with one attached hydrogen (secondary N) is 1. The molecule has 2 rings (SSSR count). The summed E-state index contributed by atoms with van der Waals surface area (Å²) in [5, 5.41) is 2.89. The Morgan fingerprint density at radius 2 is 2.05 bits per heavy atom. The quantitative estimate of drug-likeness (QED) is 0.797. The standard InChI is InChI=1S/C15H25NO3/c1-9(2)11-5-4-10(3)8-12(11)14(17)16-13-6-7-19-15(13)18/h9-13H,4-8H2,1-3H3,(H,16,17)/t10-,11+,12-,13+/m1/s1. The Balaban J connectivity index is 2.00. The van der Waals surface area contributed by atoms with Crippen molar-refractivity contribution in [3.8, 4) is 0 Å². The van der Waals surface area contributed by atoms with Crippen LogP contribution in [0, 0.1) is 23.7 Å². The average Bonchev–Trinajstić information content (AvgIpc) is 2.74. The molecule has 108 valence electrons. The Kier molecular flexibility index (Phi) is 4.48. The van der Waals surface area contributed by atoms with Crippen LogP contribution in [0.2, 0.25) is 0 Å². The fourth-order valence-corrected chi connectivity index (χ4v) is 3.41. The molecule has 1 amide bonds. The summed E-state index contributed by atoms with van der Waals surface area (Å²) in [5.41, 5.74) is 0. The first-order chi connectivity index (χ1) is 8.99. The van der Waals surface area contributed by atoms with Gasteiger partial charge in [0.15, 0.2) is 0 Å². The molecule has 0 unspecified atom stereocenters. The van der Waals surface area contributed by atoms with E-state index in [1.807, 2.05) is 0 Å². The van der Waals surface area contributed by atoms with Crippen molar-refractivity contribution in [3.63, 3.8) is 0 Å². The Morgan fingerprint density at radius 3 is 2.63 bits per heavy atom. The molecular formula is C15H25NO3. The van der Waals surface area contributed by atoms with Gasteiger partial charge in [-0.1, -0.05) is 27.2 Å². The number of esters is 1. The molecule has 4 heteroatoms. The number of hydrogen-bond acceptors (Lipinski definition) is 3. The van der Waals surface area contributed by atoms with Crippen molar-refractivity contribution in [1.82, 2.24) is 5.32 Å². The molecule has 0 aromatic carbocycles. The van der Waals surface area contributed by atoms with Gasteiger partial charge in [-0.2, -0.15) is 0 Å². The van der Waals surface area contributed by atoms with E-state index < -0.39 is 6.04 Å². The molecule has 0 aromatic heterocycles. The zero-order valence-electron chi connectivity index (χ0n) is 12.1. The van der Waals surface area contributed by atoms with Crippen LogP contribution >= 0.6 is 0 Å². The molecule has 2 aliphatic rings. The maximum absolute atomic E-state index is 12.4. The fraction of sp³-hybridized carbons (Fsp3) is 0.867. The molecule has 1 saturated heterocycles. The Labute approximate surface area is 115 Å². The maximum atomic E-state index is 12.4. The van der Waals surface area contributed by atoms with Gasteiger partial charge in [0, 0.05) is 12.3 Å². The third-order valence-corrected chi connectivity index (χ3v) is 4.61. The summed E-state index contributed by atoms with van der Waals surface area (Å²) in [6.07, 6.45) is 3.87. The van der Waals surface area contributed by atoms with Crippen molar-refractivity contribution in [1.29, 1.82) is 0 Å². The molecule has 19 heavy (non-hydrogen) atoms. The number of rotatable bonds is 3. The van der Waals surface area contributed by atoms with Crippen LogP contribution < -0.4 is 5.32 Å². The predicted octanol–water partition coefficient (Wildman–Crippen LogP) is 2.13. The summed E-state index contributed by atoms with van der Waals surface area (Å²) in [4.78, 5) is 23.9. The van der Waals surface area contributed by atoms with E-state index in [1.165, 1.54) is 6.42 Å². The van der Waals surface area contributed by atoms with Crippen LogP contribution in [0.5, 0.6) is 0 Å². The number of hydrogen-bond donors (Lipinski definition) is 1. The molecule has 4 atom stereocenters. The zero-order valence-corrected chi connectivity index (χ0v) is 12.1. The topological polar surface area (TPSA) is 55.4 Å². The van der Waals surface area contributed by atoms with Crippen molar-refractivity contribution in [2.24, 2.45) is 23.7 Å². The van der Waals surface area contributed by atoms with Gasteiger partial charge in [-0.15, -0.1) is 0 Å². The summed E-state index contributed by atoms with van der Waals surface area (Å²) in [6.45, 7) is 7.01. The molecule has 4 nitrogen and oxygen atoms in total. The van der Waals surface area contributed by atoms with Crippen LogP contribution in [-0.2, 0) is 14.3 Å². The molecule has 0 radical (unpaired) electrons. The normalized spacial score (nSPS) is 35.3. The van der Waals surface area contributed by atoms with E-state index in [1.54, 1.807) is 0 Å². The molecule has 1 N–H and O–H groups in total. The van der Waals surface area contributed by atoms with Gasteiger partial charge < -0.3 is 10.1 Å². The van der Waals surface area contributed by atoms with Crippen molar-refractivity contribution in [3.05, 3.63) is 0 Å². The molecule has 0 aromatic rings. The second-order valence-electron chi connectivity index (χ2n) is 6.45. The fourth-order valence-electron chi connectivity index (χ4n) is 3.41. The van der Waals surface area contributed by atoms with E-state index in [0.717, 1.165) is 12.8 Å². The summed E-state index contributed by atoms with van der Waals surface area (Å²) < 4.78 is 4.90. The minimum Gasteiger partial charge on any atom is -0.464 e. The molecule has 1 heterocycles. The van der Waals surface area contributed by atoms with Gasteiger partial charge in [0.2, 0.25) is 5.91 Å². The summed E-state index contributed by atoms with van der Waals surface area (Å²) >= 11 is 0. The lowest BCUT2D eigenvalue weighted by molar-refractivity contribution is -0.142. The lowest BCUT2D eigenvalue weighted by atomic mass is 9.69. The van der Waals surface area contributed by atoms with Crippen molar-refractivity contribution >= 4 is 11.9 Å². The molecule has 0 bridgehead atoms. The Hall–Kier alpha value is -1.06. The SMILES string of the molecule is CC(C)[C@@H]1CC[C@@H](C)C[C@H]1C(=O)N[C@H]1CCOC1=O. The molecule has 1 aliphatic carbocycles. The van der Waals surface area contributed by atoms with E-state index in [2.05, 4.69) is 26.1 Å². The zero-order chi connectivity index (χ0) is 14.0. The van der Waals surface area contributed by atoms with E-state index in [-0.39, 0.29) is 17.8 Å². The van der Waals surface area contributed by atoms with E-state index in [4.69, 9.17) is 4.74 Å². The number of amides is 1. The average molecular weight is 267 g/mol. The van der Waals surface area contributed by atoms with Crippen LogP contribution in [0.15, 0.2) is 0 Å². The first-order valence-corrected chi connectivity index (χ1v) is 7.46. The first kappa shape index (κ1) is 14.4. The van der Waals surface area contributed by atoms with Crippen molar-refractivity contribution < 1.29 is 14.3 Å². The summed E-state index contributed by atoms with van der Waals surface area (Å²) in [6, 6.07) is -0.419. The minimum atomic E-state index is -0.419. The van der Waals surface area contributed by atoms with Gasteiger partial charge in [0.25, 0.3) is 0 Å². The second kappa shape index (κ2) is 5.93. The number of cyclic esters (lactones) is 1. The lowest BCUT2D eigenvalue weighted by Gasteiger charge is -2.36. The molecule has 1 saturated carbocycles. The second-order valence-corrected chi connectivity index (χ2v) is 6.45. The van der Waals surface area contributed by atoms with Crippen LogP contribution in [-0.4, -0.2) is 24.5 Å². The number of carbonyl (C=O) groups excluding carboxylic acids is 2. The van der Waals surface area contributed by atoms with Crippen LogP contribution in [0.4, 0.5) is 0 Å². The smallest absolute Gasteiger partial charge is 0.328 e. The molecule has 0 spiro atoms. The third kappa shape index (κ3) is 3.28. The van der Waals surface area contributed by atoms with Gasteiger partial charge in [-0.05, 0) is 30.6 Å². The summed E-state index contributed by atoms with van der Waals surface area (Å²) in [5.74, 6) is 1.37. The van der Waals surface area contributed by atoms with E-state index >= 15 is 0 Å². The van der Waals surface area contributed by atoms with Gasteiger partial charge in [0.1, 0.15) is 6.04 Å². The van der Waals surface area contributed by atoms with E-state index in [9.17, 15) is 9.59 Å².